The lowest BCUT2D eigenvalue weighted by Crippen LogP contribution is -2.50. The molecule has 0 aromatic carbocycles. The number of nitrogens with zero attached hydrogens (tertiary/aromatic N) is 1. The Kier molecular flexibility index (Phi) is 19.7. The van der Waals surface area contributed by atoms with Crippen molar-refractivity contribution in [3.05, 3.63) is 0 Å². The molecule has 0 rings (SSSR count). The molecule has 0 heterocycles. The fourth-order valence-electron chi connectivity index (χ4n) is 4.34. The van der Waals surface area contributed by atoms with Crippen LogP contribution in [0.4, 0.5) is 0 Å². The first kappa shape index (κ1) is 26.0. The standard InChI is InChI=1S/C25H54N/c1-5-9-13-14-15-16-17-21-25-26(22-18-10-6-2,23-19-11-7-3)24-20-12-8-4/h5-25H2,1-4H3/q+1. The van der Waals surface area contributed by atoms with Gasteiger partial charge in [0.1, 0.15) is 0 Å². The Morgan fingerprint density at radius 3 is 0.885 bits per heavy atom. The number of rotatable bonds is 21. The van der Waals surface area contributed by atoms with E-state index in [-0.39, 0.29) is 0 Å². The molecular formula is C25H54N+. The van der Waals surface area contributed by atoms with Gasteiger partial charge in [0.05, 0.1) is 26.2 Å². The first-order valence-corrected chi connectivity index (χ1v) is 12.6. The van der Waals surface area contributed by atoms with Crippen LogP contribution >= 0.6 is 0 Å². The van der Waals surface area contributed by atoms with E-state index < -0.39 is 0 Å². The molecule has 0 N–H and O–H groups in total. The smallest absolute Gasteiger partial charge is 0.0786 e. The van der Waals surface area contributed by atoms with Crippen LogP contribution in [0.3, 0.4) is 0 Å². The van der Waals surface area contributed by atoms with Gasteiger partial charge in [0, 0.05) is 0 Å². The molecule has 0 aliphatic rings. The van der Waals surface area contributed by atoms with Gasteiger partial charge in [0.25, 0.3) is 0 Å². The van der Waals surface area contributed by atoms with E-state index in [0.717, 1.165) is 0 Å². The third-order valence-electron chi connectivity index (χ3n) is 6.19. The summed E-state index contributed by atoms with van der Waals surface area (Å²) >= 11 is 0. The van der Waals surface area contributed by atoms with Crippen LogP contribution in [0.5, 0.6) is 0 Å². The summed E-state index contributed by atoms with van der Waals surface area (Å²) in [5, 5.41) is 0. The highest BCUT2D eigenvalue weighted by Gasteiger charge is 2.25. The molecule has 0 fully saturated rings. The molecule has 0 saturated carbocycles. The first-order chi connectivity index (χ1) is 12.7. The highest BCUT2D eigenvalue weighted by Crippen LogP contribution is 2.19. The van der Waals surface area contributed by atoms with Gasteiger partial charge in [-0.1, -0.05) is 85.5 Å². The maximum absolute atomic E-state index is 2.35. The molecule has 0 bridgehead atoms. The van der Waals surface area contributed by atoms with Crippen molar-refractivity contribution >= 4 is 0 Å². The molecule has 0 saturated heterocycles. The zero-order valence-corrected chi connectivity index (χ0v) is 19.3. The molecular weight excluding hydrogens is 314 g/mol. The van der Waals surface area contributed by atoms with Gasteiger partial charge in [-0.15, -0.1) is 0 Å². The normalized spacial score (nSPS) is 12.0. The first-order valence-electron chi connectivity index (χ1n) is 12.6. The maximum Gasteiger partial charge on any atom is 0.0786 e. The summed E-state index contributed by atoms with van der Waals surface area (Å²) in [6.07, 6.45) is 24.4. The summed E-state index contributed by atoms with van der Waals surface area (Å²) in [5.74, 6) is 0. The Hall–Kier alpha value is -0.0400. The van der Waals surface area contributed by atoms with E-state index in [1.807, 2.05) is 0 Å². The molecule has 0 spiro atoms. The zero-order valence-electron chi connectivity index (χ0n) is 19.3. The summed E-state index contributed by atoms with van der Waals surface area (Å²) in [7, 11) is 0. The van der Waals surface area contributed by atoms with E-state index >= 15 is 0 Å². The lowest BCUT2D eigenvalue weighted by molar-refractivity contribution is -0.929. The molecule has 1 nitrogen and oxygen atoms in total. The molecule has 0 aromatic rings. The number of hydrogen-bond donors (Lipinski definition) is 0. The van der Waals surface area contributed by atoms with E-state index in [1.165, 1.54) is 140 Å². The van der Waals surface area contributed by atoms with E-state index in [1.54, 1.807) is 0 Å². The van der Waals surface area contributed by atoms with E-state index in [0.29, 0.717) is 0 Å². The van der Waals surface area contributed by atoms with Gasteiger partial charge in [-0.3, -0.25) is 0 Å². The molecule has 158 valence electrons. The van der Waals surface area contributed by atoms with Crippen molar-refractivity contribution < 1.29 is 4.48 Å². The van der Waals surface area contributed by atoms with E-state index in [2.05, 4.69) is 27.7 Å². The molecule has 1 heteroatoms. The average molecular weight is 369 g/mol. The summed E-state index contributed by atoms with van der Waals surface area (Å²) in [6, 6.07) is 0. The van der Waals surface area contributed by atoms with Crippen LogP contribution in [0.25, 0.3) is 0 Å². The van der Waals surface area contributed by atoms with Gasteiger partial charge in [-0.2, -0.15) is 0 Å². The van der Waals surface area contributed by atoms with Crippen LogP contribution in [0.15, 0.2) is 0 Å². The van der Waals surface area contributed by atoms with Crippen LogP contribution < -0.4 is 0 Å². The van der Waals surface area contributed by atoms with Gasteiger partial charge >= 0.3 is 0 Å². The van der Waals surface area contributed by atoms with Crippen molar-refractivity contribution in [1.29, 1.82) is 0 Å². The predicted molar refractivity (Wildman–Crippen MR) is 121 cm³/mol. The Labute approximate surface area is 167 Å². The minimum absolute atomic E-state index is 1.36. The van der Waals surface area contributed by atoms with Crippen LogP contribution in [0, 0.1) is 0 Å². The fourth-order valence-corrected chi connectivity index (χ4v) is 4.34. The quantitative estimate of drug-likeness (QED) is 0.141. The summed E-state index contributed by atoms with van der Waals surface area (Å²) in [5.41, 5.74) is 0. The van der Waals surface area contributed by atoms with Crippen molar-refractivity contribution in [2.75, 3.05) is 26.2 Å². The van der Waals surface area contributed by atoms with Crippen LogP contribution in [0.1, 0.15) is 137 Å². The number of hydrogen-bond acceptors (Lipinski definition) is 0. The van der Waals surface area contributed by atoms with Crippen LogP contribution in [-0.4, -0.2) is 30.7 Å². The lowest BCUT2D eigenvalue weighted by atomic mass is 10.1. The molecule has 0 amide bonds. The number of quaternary nitrogens is 1. The molecule has 0 atom stereocenters. The summed E-state index contributed by atoms with van der Waals surface area (Å²) in [6.45, 7) is 15.2. The van der Waals surface area contributed by atoms with Crippen molar-refractivity contribution in [3.63, 3.8) is 0 Å². The van der Waals surface area contributed by atoms with Gasteiger partial charge in [0.2, 0.25) is 0 Å². The van der Waals surface area contributed by atoms with Crippen molar-refractivity contribution in [3.8, 4) is 0 Å². The molecule has 26 heavy (non-hydrogen) atoms. The third kappa shape index (κ3) is 15.1. The van der Waals surface area contributed by atoms with Gasteiger partial charge < -0.3 is 4.48 Å². The molecule has 0 aliphatic carbocycles. The average Bonchev–Trinajstić information content (AvgIpc) is 2.64. The Balaban J connectivity index is 4.38. The Bertz CT molecular complexity index is 234. The minimum Gasteiger partial charge on any atom is -0.324 e. The van der Waals surface area contributed by atoms with Crippen molar-refractivity contribution in [2.24, 2.45) is 0 Å². The third-order valence-corrected chi connectivity index (χ3v) is 6.19. The second-order valence-electron chi connectivity index (χ2n) is 8.83. The molecule has 0 aliphatic heterocycles. The molecule has 0 radical (unpaired) electrons. The SMILES string of the molecule is CCCCCCCCCC[N+](CCCCC)(CCCCC)CCCCC. The highest BCUT2D eigenvalue weighted by atomic mass is 15.3. The second-order valence-corrected chi connectivity index (χ2v) is 8.83. The van der Waals surface area contributed by atoms with E-state index in [4.69, 9.17) is 0 Å². The monoisotopic (exact) mass is 368 g/mol. The zero-order chi connectivity index (χ0) is 19.3. The second kappa shape index (κ2) is 19.7. The number of unbranched alkanes of at least 4 members (excludes halogenated alkanes) is 13. The van der Waals surface area contributed by atoms with Crippen LogP contribution in [-0.2, 0) is 0 Å². The van der Waals surface area contributed by atoms with Crippen molar-refractivity contribution in [2.45, 2.75) is 137 Å². The topological polar surface area (TPSA) is 0 Å². The van der Waals surface area contributed by atoms with Crippen LogP contribution in [0.2, 0.25) is 0 Å². The van der Waals surface area contributed by atoms with Crippen molar-refractivity contribution in [1.82, 2.24) is 0 Å². The lowest BCUT2D eigenvalue weighted by Gasteiger charge is -2.39. The minimum atomic E-state index is 1.36. The maximum atomic E-state index is 2.35. The fraction of sp³-hybridized carbons (Fsp3) is 1.00. The Morgan fingerprint density at radius 1 is 0.308 bits per heavy atom. The predicted octanol–water partition coefficient (Wildman–Crippen LogP) is 8.51. The molecule has 0 unspecified atom stereocenters. The van der Waals surface area contributed by atoms with Gasteiger partial charge in [-0.25, -0.2) is 0 Å². The van der Waals surface area contributed by atoms with Gasteiger partial charge in [-0.05, 0) is 51.4 Å². The molecule has 0 aromatic heterocycles. The summed E-state index contributed by atoms with van der Waals surface area (Å²) in [4.78, 5) is 0. The van der Waals surface area contributed by atoms with E-state index in [9.17, 15) is 0 Å². The summed E-state index contributed by atoms with van der Waals surface area (Å²) < 4.78 is 1.45. The van der Waals surface area contributed by atoms with Gasteiger partial charge in [0.15, 0.2) is 0 Å². The largest absolute Gasteiger partial charge is 0.324 e. The highest BCUT2D eigenvalue weighted by molar-refractivity contribution is 4.53. The Morgan fingerprint density at radius 2 is 0.538 bits per heavy atom.